The Morgan fingerprint density at radius 2 is 1.29 bits per heavy atom. The minimum Gasteiger partial charge on any atom is -0.339 e. The maximum absolute atomic E-state index is 13.7. The van der Waals surface area contributed by atoms with E-state index in [-0.39, 0.29) is 24.6 Å². The van der Waals surface area contributed by atoms with E-state index in [4.69, 9.17) is 0 Å². The molecule has 2 atom stereocenters. The summed E-state index contributed by atoms with van der Waals surface area (Å²) in [6.45, 7) is 10.7. The quantitative estimate of drug-likeness (QED) is 0.388. The van der Waals surface area contributed by atoms with Crippen molar-refractivity contribution in [2.45, 2.75) is 70.5 Å². The van der Waals surface area contributed by atoms with Crippen LogP contribution in [0.5, 0.6) is 0 Å². The van der Waals surface area contributed by atoms with Gasteiger partial charge in [0.25, 0.3) is 5.91 Å². The van der Waals surface area contributed by atoms with Gasteiger partial charge in [0, 0.05) is 74.9 Å². The third-order valence-electron chi connectivity index (χ3n) is 9.27. The second-order valence-corrected chi connectivity index (χ2v) is 13.5. The molecule has 2 aromatic rings. The molecule has 0 aromatic heterocycles. The van der Waals surface area contributed by atoms with Gasteiger partial charge in [0.05, 0.1) is 11.1 Å². The summed E-state index contributed by atoms with van der Waals surface area (Å²) in [7, 11) is 0. The molecule has 0 saturated carbocycles. The van der Waals surface area contributed by atoms with Crippen molar-refractivity contribution in [1.82, 2.24) is 19.6 Å². The van der Waals surface area contributed by atoms with Crippen LogP contribution in [0.2, 0.25) is 0 Å². The Morgan fingerprint density at radius 1 is 0.756 bits per heavy atom. The smallest absolute Gasteiger partial charge is 0.339 e. The van der Waals surface area contributed by atoms with Crippen molar-refractivity contribution >= 4 is 11.8 Å². The Hall–Kier alpha value is -3.12. The maximum Gasteiger partial charge on any atom is 0.416 e. The molecule has 3 aliphatic heterocycles. The molecule has 45 heavy (non-hydrogen) atoms. The summed E-state index contributed by atoms with van der Waals surface area (Å²) in [5, 5.41) is 0. The van der Waals surface area contributed by atoms with Crippen LogP contribution < -0.4 is 0 Å². The largest absolute Gasteiger partial charge is 0.416 e. The number of amides is 2. The summed E-state index contributed by atoms with van der Waals surface area (Å²) in [4.78, 5) is 34.4. The van der Waals surface area contributed by atoms with Crippen LogP contribution in [-0.4, -0.2) is 95.4 Å². The lowest BCUT2D eigenvalue weighted by atomic mass is 9.89. The molecule has 12 heteroatoms. The summed E-state index contributed by atoms with van der Waals surface area (Å²) in [5.74, 6) is -0.668. The van der Waals surface area contributed by atoms with Crippen molar-refractivity contribution in [1.29, 1.82) is 0 Å². The van der Waals surface area contributed by atoms with Gasteiger partial charge in [-0.2, -0.15) is 26.3 Å². The summed E-state index contributed by atoms with van der Waals surface area (Å²) in [6, 6.07) is 10.6. The third-order valence-corrected chi connectivity index (χ3v) is 9.27. The SMILES string of the molecule is CC(C)(C)C(=O)N1CC(N2CCN(C3CCN(C(=O)c4cc(C(F)(F)F)cc(C(F)(F)F)c4)C(Cc4ccccc4)C3)CC2)C1. The minimum absolute atomic E-state index is 0.0493. The van der Waals surface area contributed by atoms with E-state index in [0.29, 0.717) is 37.4 Å². The van der Waals surface area contributed by atoms with Gasteiger partial charge < -0.3 is 9.80 Å². The fraction of sp³-hybridized carbons (Fsp3) is 0.576. The predicted molar refractivity (Wildman–Crippen MR) is 157 cm³/mol. The summed E-state index contributed by atoms with van der Waals surface area (Å²) in [6.07, 6.45) is -8.50. The minimum atomic E-state index is -5.03. The highest BCUT2D eigenvalue weighted by molar-refractivity contribution is 5.95. The first-order chi connectivity index (χ1) is 21.0. The zero-order valence-electron chi connectivity index (χ0n) is 25.8. The van der Waals surface area contributed by atoms with Crippen LogP contribution in [0.3, 0.4) is 0 Å². The van der Waals surface area contributed by atoms with Gasteiger partial charge in [-0.1, -0.05) is 51.1 Å². The molecule has 5 rings (SSSR count). The average molecular weight is 639 g/mol. The van der Waals surface area contributed by atoms with E-state index in [1.165, 1.54) is 4.90 Å². The van der Waals surface area contributed by atoms with Crippen LogP contribution in [0.15, 0.2) is 48.5 Å². The van der Waals surface area contributed by atoms with Gasteiger partial charge in [0.15, 0.2) is 0 Å². The molecular weight excluding hydrogens is 598 g/mol. The number of alkyl halides is 6. The van der Waals surface area contributed by atoms with E-state index in [1.54, 1.807) is 0 Å². The van der Waals surface area contributed by atoms with Crippen molar-refractivity contribution in [3.63, 3.8) is 0 Å². The molecule has 3 aliphatic rings. The number of likely N-dealkylation sites (tertiary alicyclic amines) is 2. The maximum atomic E-state index is 13.7. The van der Waals surface area contributed by atoms with Gasteiger partial charge in [-0.05, 0) is 43.0 Å². The van der Waals surface area contributed by atoms with Crippen LogP contribution in [0.1, 0.15) is 60.7 Å². The molecular formula is C33H40F6N4O2. The van der Waals surface area contributed by atoms with E-state index in [9.17, 15) is 35.9 Å². The summed E-state index contributed by atoms with van der Waals surface area (Å²) < 4.78 is 81.3. The van der Waals surface area contributed by atoms with Gasteiger partial charge >= 0.3 is 12.4 Å². The molecule has 2 unspecified atom stereocenters. The molecule has 0 aliphatic carbocycles. The first-order valence-corrected chi connectivity index (χ1v) is 15.4. The highest BCUT2D eigenvalue weighted by Gasteiger charge is 2.42. The first-order valence-electron chi connectivity index (χ1n) is 15.4. The second kappa shape index (κ2) is 12.6. The van der Waals surface area contributed by atoms with Gasteiger partial charge in [-0.15, -0.1) is 0 Å². The van der Waals surface area contributed by atoms with Gasteiger partial charge in [0.1, 0.15) is 0 Å². The van der Waals surface area contributed by atoms with Crippen LogP contribution >= 0.6 is 0 Å². The Labute approximate surface area is 259 Å². The number of rotatable bonds is 5. The van der Waals surface area contributed by atoms with Crippen molar-refractivity contribution in [3.05, 3.63) is 70.8 Å². The summed E-state index contributed by atoms with van der Waals surface area (Å²) in [5.41, 5.74) is -3.07. The van der Waals surface area contributed by atoms with Crippen molar-refractivity contribution < 1.29 is 35.9 Å². The number of piperazine rings is 1. The Bertz CT molecular complexity index is 1330. The number of nitrogens with zero attached hydrogens (tertiary/aromatic N) is 4. The summed E-state index contributed by atoms with van der Waals surface area (Å²) >= 11 is 0. The normalized spacial score (nSPS) is 22.8. The zero-order valence-corrected chi connectivity index (χ0v) is 25.8. The average Bonchev–Trinajstić information content (AvgIpc) is 2.95. The van der Waals surface area contributed by atoms with Gasteiger partial charge in [0.2, 0.25) is 5.91 Å². The fourth-order valence-electron chi connectivity index (χ4n) is 6.75. The van der Waals surface area contributed by atoms with Crippen molar-refractivity contribution in [2.24, 2.45) is 5.41 Å². The Kier molecular flexibility index (Phi) is 9.30. The lowest BCUT2D eigenvalue weighted by Crippen LogP contribution is -2.66. The van der Waals surface area contributed by atoms with E-state index >= 15 is 0 Å². The van der Waals surface area contributed by atoms with E-state index < -0.39 is 46.4 Å². The van der Waals surface area contributed by atoms with Crippen LogP contribution in [0.25, 0.3) is 0 Å². The van der Waals surface area contributed by atoms with Crippen LogP contribution in [0, 0.1) is 5.41 Å². The molecule has 246 valence electrons. The number of carbonyl (C=O) groups is 2. The van der Waals surface area contributed by atoms with Crippen molar-refractivity contribution in [2.75, 3.05) is 45.8 Å². The lowest BCUT2D eigenvalue weighted by molar-refractivity contribution is -0.148. The lowest BCUT2D eigenvalue weighted by Gasteiger charge is -2.51. The number of halogens is 6. The molecule has 0 N–H and O–H groups in total. The topological polar surface area (TPSA) is 47.1 Å². The molecule has 6 nitrogen and oxygen atoms in total. The molecule has 0 radical (unpaired) electrons. The molecule has 3 saturated heterocycles. The number of hydrogen-bond acceptors (Lipinski definition) is 4. The van der Waals surface area contributed by atoms with E-state index in [1.807, 2.05) is 56.0 Å². The molecule has 2 amide bonds. The Morgan fingerprint density at radius 3 is 1.80 bits per heavy atom. The molecule has 3 heterocycles. The molecule has 3 fully saturated rings. The number of benzene rings is 2. The predicted octanol–water partition coefficient (Wildman–Crippen LogP) is 5.81. The first kappa shape index (κ1) is 33.2. The number of carbonyl (C=O) groups excluding carboxylic acids is 2. The van der Waals surface area contributed by atoms with E-state index in [2.05, 4.69) is 9.80 Å². The second-order valence-electron chi connectivity index (χ2n) is 13.5. The zero-order chi connectivity index (χ0) is 32.7. The molecule has 0 bridgehead atoms. The molecule has 2 aromatic carbocycles. The Balaban J connectivity index is 1.28. The van der Waals surface area contributed by atoms with Crippen LogP contribution in [-0.2, 0) is 23.6 Å². The third kappa shape index (κ3) is 7.65. The monoisotopic (exact) mass is 638 g/mol. The van der Waals surface area contributed by atoms with E-state index in [0.717, 1.165) is 44.8 Å². The highest BCUT2D eigenvalue weighted by Crippen LogP contribution is 2.37. The molecule has 0 spiro atoms. The van der Waals surface area contributed by atoms with Crippen molar-refractivity contribution in [3.8, 4) is 0 Å². The van der Waals surface area contributed by atoms with Gasteiger partial charge in [-0.25, -0.2) is 0 Å². The fourth-order valence-corrected chi connectivity index (χ4v) is 6.75. The highest BCUT2D eigenvalue weighted by atomic mass is 19.4. The standard InChI is InChI=1S/C33H40F6N4O2/c1-31(2,3)30(45)42-20-28(21-42)41-13-11-40(12-14-41)26-9-10-43(27(19-26)15-22-7-5-4-6-8-22)29(44)23-16-24(32(34,35)36)18-25(17-23)33(37,38)39/h4-8,16-18,26-28H,9-15,19-21H2,1-3H3. The number of hydrogen-bond donors (Lipinski definition) is 0. The van der Waals surface area contributed by atoms with Crippen LogP contribution in [0.4, 0.5) is 26.3 Å². The number of piperidine rings is 1. The van der Waals surface area contributed by atoms with Gasteiger partial charge in [-0.3, -0.25) is 19.4 Å².